The average Bonchev–Trinajstić information content (AvgIpc) is 2.54. The summed E-state index contributed by atoms with van der Waals surface area (Å²) in [7, 11) is -0.538. The highest BCUT2D eigenvalue weighted by Crippen LogP contribution is 2.35. The van der Waals surface area contributed by atoms with Gasteiger partial charge in [-0.25, -0.2) is 8.42 Å². The Morgan fingerprint density at radius 2 is 1.90 bits per heavy atom. The van der Waals surface area contributed by atoms with Crippen LogP contribution >= 0.6 is 11.8 Å². The van der Waals surface area contributed by atoms with E-state index in [2.05, 4.69) is 0 Å². The van der Waals surface area contributed by atoms with Crippen molar-refractivity contribution in [2.24, 2.45) is 5.73 Å². The minimum absolute atomic E-state index is 0.179. The summed E-state index contributed by atoms with van der Waals surface area (Å²) in [5, 5.41) is 0. The molecular weight excluding hydrogens is 312 g/mol. The van der Waals surface area contributed by atoms with Gasteiger partial charge in [-0.15, -0.1) is 0 Å². The Morgan fingerprint density at radius 3 is 2.43 bits per heavy atom. The van der Waals surface area contributed by atoms with Crippen molar-refractivity contribution in [3.63, 3.8) is 0 Å². The first kappa shape index (κ1) is 16.4. The Balaban J connectivity index is 2.47. The Kier molecular flexibility index (Phi) is 5.37. The fraction of sp³-hybridized carbons (Fsp3) is 0.538. The highest BCUT2D eigenvalue weighted by molar-refractivity contribution is 7.99. The molecule has 21 heavy (non-hydrogen) atoms. The van der Waals surface area contributed by atoms with E-state index in [9.17, 15) is 8.42 Å². The van der Waals surface area contributed by atoms with Crippen LogP contribution in [0.1, 0.15) is 5.56 Å². The predicted octanol–water partition coefficient (Wildman–Crippen LogP) is 0.900. The summed E-state index contributed by atoms with van der Waals surface area (Å²) in [4.78, 5) is 0.201. The molecule has 1 saturated heterocycles. The first-order chi connectivity index (χ1) is 10.0. The van der Waals surface area contributed by atoms with Crippen LogP contribution in [0, 0.1) is 0 Å². The largest absolute Gasteiger partial charge is 0.493 e. The van der Waals surface area contributed by atoms with Gasteiger partial charge in [-0.2, -0.15) is 16.1 Å². The van der Waals surface area contributed by atoms with Crippen LogP contribution in [-0.4, -0.2) is 51.5 Å². The molecule has 0 spiro atoms. The quantitative estimate of drug-likeness (QED) is 0.863. The highest BCUT2D eigenvalue weighted by atomic mass is 32.2. The molecule has 0 unspecified atom stereocenters. The van der Waals surface area contributed by atoms with E-state index < -0.39 is 10.0 Å². The topological polar surface area (TPSA) is 81.9 Å². The van der Waals surface area contributed by atoms with Crippen LogP contribution < -0.4 is 15.2 Å². The molecule has 118 valence electrons. The summed E-state index contributed by atoms with van der Waals surface area (Å²) in [5.41, 5.74) is 6.31. The number of nitrogens with two attached hydrogens (primary N) is 1. The van der Waals surface area contributed by atoms with E-state index in [1.165, 1.54) is 24.6 Å². The Labute approximate surface area is 129 Å². The van der Waals surface area contributed by atoms with Gasteiger partial charge < -0.3 is 15.2 Å². The van der Waals surface area contributed by atoms with Crippen molar-refractivity contribution in [3.8, 4) is 11.5 Å². The van der Waals surface area contributed by atoms with Crippen molar-refractivity contribution in [2.75, 3.05) is 38.8 Å². The highest BCUT2D eigenvalue weighted by Gasteiger charge is 2.28. The van der Waals surface area contributed by atoms with Gasteiger partial charge in [0.05, 0.1) is 19.1 Å². The van der Waals surface area contributed by atoms with E-state index in [1.54, 1.807) is 17.8 Å². The minimum Gasteiger partial charge on any atom is -0.493 e. The van der Waals surface area contributed by atoms with Gasteiger partial charge in [0.25, 0.3) is 0 Å². The number of benzene rings is 1. The molecule has 0 aliphatic carbocycles. The smallest absolute Gasteiger partial charge is 0.243 e. The molecule has 1 heterocycles. The van der Waals surface area contributed by atoms with E-state index in [1.807, 2.05) is 0 Å². The lowest BCUT2D eigenvalue weighted by Gasteiger charge is -2.26. The Hall–Kier alpha value is -0.960. The molecule has 0 aromatic heterocycles. The van der Waals surface area contributed by atoms with Crippen LogP contribution in [0.25, 0.3) is 0 Å². The molecule has 0 radical (unpaired) electrons. The first-order valence-corrected chi connectivity index (χ1v) is 9.17. The molecular formula is C13H20N2O4S2. The molecule has 2 N–H and O–H groups in total. The zero-order valence-electron chi connectivity index (χ0n) is 12.2. The van der Waals surface area contributed by atoms with Crippen LogP contribution in [0.4, 0.5) is 0 Å². The summed E-state index contributed by atoms with van der Waals surface area (Å²) in [6.07, 6.45) is 0. The number of thioether (sulfide) groups is 1. The van der Waals surface area contributed by atoms with E-state index in [4.69, 9.17) is 15.2 Å². The molecule has 2 rings (SSSR count). The second-order valence-electron chi connectivity index (χ2n) is 4.54. The molecule has 0 saturated carbocycles. The van der Waals surface area contributed by atoms with Crippen molar-refractivity contribution >= 4 is 21.8 Å². The van der Waals surface area contributed by atoms with Crippen LogP contribution in [-0.2, 0) is 16.6 Å². The molecule has 8 heteroatoms. The van der Waals surface area contributed by atoms with Crippen LogP contribution in [0.15, 0.2) is 17.0 Å². The second kappa shape index (κ2) is 6.87. The number of sulfonamides is 1. The first-order valence-electron chi connectivity index (χ1n) is 6.57. The molecule has 1 aliphatic heterocycles. The number of hydrogen-bond donors (Lipinski definition) is 1. The molecule has 1 aliphatic rings. The summed E-state index contributed by atoms with van der Waals surface area (Å²) in [5.74, 6) is 2.49. The maximum Gasteiger partial charge on any atom is 0.243 e. The van der Waals surface area contributed by atoms with Crippen molar-refractivity contribution in [1.29, 1.82) is 0 Å². The van der Waals surface area contributed by atoms with Crippen LogP contribution in [0.2, 0.25) is 0 Å². The van der Waals surface area contributed by atoms with Crippen molar-refractivity contribution in [1.82, 2.24) is 4.31 Å². The lowest BCUT2D eigenvalue weighted by molar-refractivity contribution is 0.350. The van der Waals surface area contributed by atoms with E-state index >= 15 is 0 Å². The van der Waals surface area contributed by atoms with Crippen molar-refractivity contribution in [3.05, 3.63) is 17.7 Å². The molecule has 1 fully saturated rings. The maximum absolute atomic E-state index is 12.7. The maximum atomic E-state index is 12.7. The zero-order chi connectivity index (χ0) is 15.5. The predicted molar refractivity (Wildman–Crippen MR) is 83.5 cm³/mol. The van der Waals surface area contributed by atoms with Crippen LogP contribution in [0.3, 0.4) is 0 Å². The lowest BCUT2D eigenvalue weighted by Crippen LogP contribution is -2.37. The average molecular weight is 332 g/mol. The van der Waals surface area contributed by atoms with Gasteiger partial charge in [-0.05, 0) is 6.07 Å². The SMILES string of the molecule is COc1cc(S(=O)(=O)N2CCSCC2)cc(CN)c1OC. The molecule has 1 aromatic carbocycles. The zero-order valence-corrected chi connectivity index (χ0v) is 13.8. The van der Waals surface area contributed by atoms with E-state index in [-0.39, 0.29) is 11.4 Å². The third-order valence-corrected chi connectivity index (χ3v) is 6.18. The number of methoxy groups -OCH3 is 2. The summed E-state index contributed by atoms with van der Waals surface area (Å²) in [6, 6.07) is 3.06. The third-order valence-electron chi connectivity index (χ3n) is 3.36. The standard InChI is InChI=1S/C13H20N2O4S2/c1-18-12-8-11(7-10(9-14)13(12)19-2)21(16,17)15-3-5-20-6-4-15/h7-8H,3-6,9,14H2,1-2H3. The Morgan fingerprint density at radius 1 is 1.24 bits per heavy atom. The van der Waals surface area contributed by atoms with Crippen LogP contribution in [0.5, 0.6) is 11.5 Å². The fourth-order valence-electron chi connectivity index (χ4n) is 2.25. The monoisotopic (exact) mass is 332 g/mol. The molecule has 0 atom stereocenters. The van der Waals surface area contributed by atoms with Gasteiger partial charge in [-0.1, -0.05) is 0 Å². The van der Waals surface area contributed by atoms with E-state index in [0.717, 1.165) is 11.5 Å². The minimum atomic E-state index is -3.52. The van der Waals surface area contributed by atoms with Gasteiger partial charge in [-0.3, -0.25) is 0 Å². The normalized spacial score (nSPS) is 16.7. The number of nitrogens with zero attached hydrogens (tertiary/aromatic N) is 1. The summed E-state index contributed by atoms with van der Waals surface area (Å²) in [6.45, 7) is 1.23. The van der Waals surface area contributed by atoms with Gasteiger partial charge in [0.2, 0.25) is 10.0 Å². The molecule has 0 amide bonds. The summed E-state index contributed by atoms with van der Waals surface area (Å²) < 4.78 is 37.4. The van der Waals surface area contributed by atoms with Gasteiger partial charge in [0.1, 0.15) is 0 Å². The number of hydrogen-bond acceptors (Lipinski definition) is 6. The molecule has 6 nitrogen and oxygen atoms in total. The van der Waals surface area contributed by atoms with E-state index in [0.29, 0.717) is 30.2 Å². The lowest BCUT2D eigenvalue weighted by atomic mass is 10.2. The molecule has 0 bridgehead atoms. The number of rotatable bonds is 5. The van der Waals surface area contributed by atoms with Gasteiger partial charge in [0, 0.05) is 42.8 Å². The van der Waals surface area contributed by atoms with Gasteiger partial charge >= 0.3 is 0 Å². The van der Waals surface area contributed by atoms with Crippen molar-refractivity contribution in [2.45, 2.75) is 11.4 Å². The fourth-order valence-corrected chi connectivity index (χ4v) is 4.89. The molecule has 1 aromatic rings. The number of ether oxygens (including phenoxy) is 2. The third kappa shape index (κ3) is 3.28. The Bertz CT molecular complexity index is 573. The van der Waals surface area contributed by atoms with Crippen molar-refractivity contribution < 1.29 is 17.9 Å². The summed E-state index contributed by atoms with van der Waals surface area (Å²) >= 11 is 1.76. The second-order valence-corrected chi connectivity index (χ2v) is 7.70. The van der Waals surface area contributed by atoms with Gasteiger partial charge in [0.15, 0.2) is 11.5 Å².